The van der Waals surface area contributed by atoms with E-state index in [-0.39, 0.29) is 35.5 Å². The summed E-state index contributed by atoms with van der Waals surface area (Å²) >= 11 is 1.58. The van der Waals surface area contributed by atoms with Crippen LogP contribution in [-0.4, -0.2) is 69.5 Å². The van der Waals surface area contributed by atoms with Gasteiger partial charge in [0, 0.05) is 29.7 Å². The Kier molecular flexibility index (Phi) is 7.56. The van der Waals surface area contributed by atoms with Gasteiger partial charge in [0.05, 0.1) is 29.2 Å². The van der Waals surface area contributed by atoms with Crippen molar-refractivity contribution >= 4 is 40.9 Å². The molecule has 0 saturated carbocycles. The van der Waals surface area contributed by atoms with E-state index in [1.807, 2.05) is 94.5 Å². The molecule has 4 aliphatic heterocycles. The zero-order valence-corrected chi connectivity index (χ0v) is 25.5. The number of rotatable bonds is 6. The number of aliphatic hydroxyl groups is 1. The minimum absolute atomic E-state index is 0.0325. The number of likely N-dealkylation sites (tertiary alicyclic amines) is 1. The maximum absolute atomic E-state index is 14.9. The lowest BCUT2D eigenvalue weighted by Crippen LogP contribution is -2.58. The van der Waals surface area contributed by atoms with E-state index in [1.165, 1.54) is 0 Å². The van der Waals surface area contributed by atoms with Gasteiger partial charge in [-0.1, -0.05) is 81.0 Å². The number of hydrogen-bond acceptors (Lipinski definition) is 5. The Morgan fingerprint density at radius 2 is 1.62 bits per heavy atom. The molecule has 3 amide bonds. The summed E-state index contributed by atoms with van der Waals surface area (Å²) in [6.45, 7) is 8.61. The molecule has 2 aromatic rings. The molecule has 0 aromatic heterocycles. The van der Waals surface area contributed by atoms with Crippen LogP contribution in [0.3, 0.4) is 0 Å². The number of para-hydroxylation sites is 2. The van der Waals surface area contributed by atoms with Crippen LogP contribution in [0, 0.1) is 31.6 Å². The van der Waals surface area contributed by atoms with Crippen LogP contribution in [0.2, 0.25) is 0 Å². The smallest absolute Gasteiger partial charge is 0.251 e. The molecular formula is C34H39N3O4S. The molecule has 4 heterocycles. The van der Waals surface area contributed by atoms with Crippen LogP contribution in [-0.2, 0) is 14.4 Å². The molecule has 4 aliphatic rings. The minimum atomic E-state index is -0.935. The van der Waals surface area contributed by atoms with Crippen molar-refractivity contribution in [3.63, 3.8) is 0 Å². The predicted octanol–water partition coefficient (Wildman–Crippen LogP) is 4.51. The Balaban J connectivity index is 1.50. The van der Waals surface area contributed by atoms with Gasteiger partial charge in [-0.05, 0) is 43.0 Å². The third-order valence-electron chi connectivity index (χ3n) is 9.72. The topological polar surface area (TPSA) is 81.2 Å². The summed E-state index contributed by atoms with van der Waals surface area (Å²) in [7, 11) is 0. The van der Waals surface area contributed by atoms with Gasteiger partial charge in [-0.3, -0.25) is 14.4 Å². The van der Waals surface area contributed by atoms with Gasteiger partial charge >= 0.3 is 0 Å². The van der Waals surface area contributed by atoms with Gasteiger partial charge < -0.3 is 19.8 Å². The summed E-state index contributed by atoms with van der Waals surface area (Å²) in [6, 6.07) is 14.2. The molecule has 42 heavy (non-hydrogen) atoms. The van der Waals surface area contributed by atoms with Crippen LogP contribution in [0.15, 0.2) is 72.8 Å². The van der Waals surface area contributed by atoms with E-state index in [2.05, 4.69) is 6.08 Å². The first kappa shape index (κ1) is 28.7. The van der Waals surface area contributed by atoms with Crippen LogP contribution in [0.5, 0.6) is 0 Å². The molecule has 0 bridgehead atoms. The first-order valence-electron chi connectivity index (χ1n) is 14.9. The molecule has 0 aliphatic carbocycles. The summed E-state index contributed by atoms with van der Waals surface area (Å²) in [5.41, 5.74) is 3.62. The van der Waals surface area contributed by atoms with E-state index < -0.39 is 28.7 Å². The molecule has 2 saturated heterocycles. The van der Waals surface area contributed by atoms with Crippen molar-refractivity contribution in [2.75, 3.05) is 29.5 Å². The van der Waals surface area contributed by atoms with Crippen molar-refractivity contribution in [1.29, 1.82) is 0 Å². The fraction of sp³-hybridized carbons (Fsp3) is 0.441. The number of anilines is 2. The maximum Gasteiger partial charge on any atom is 0.251 e. The summed E-state index contributed by atoms with van der Waals surface area (Å²) < 4.78 is -0.935. The van der Waals surface area contributed by atoms with E-state index in [4.69, 9.17) is 0 Å². The number of carbonyl (C=O) groups is 3. The molecule has 1 N–H and O–H groups in total. The first-order chi connectivity index (χ1) is 20.2. The van der Waals surface area contributed by atoms with Crippen molar-refractivity contribution in [3.8, 4) is 0 Å². The second-order valence-corrected chi connectivity index (χ2v) is 13.5. The Morgan fingerprint density at radius 3 is 2.29 bits per heavy atom. The van der Waals surface area contributed by atoms with E-state index in [0.29, 0.717) is 13.1 Å². The lowest BCUT2D eigenvalue weighted by atomic mass is 9.78. The van der Waals surface area contributed by atoms with E-state index in [1.54, 1.807) is 26.5 Å². The van der Waals surface area contributed by atoms with Crippen LogP contribution >= 0.6 is 11.8 Å². The molecule has 8 heteroatoms. The number of nitrogens with zero attached hydrogens (tertiary/aromatic N) is 3. The number of fused-ring (bicyclic) bond motifs is 2. The Bertz CT molecular complexity index is 1440. The van der Waals surface area contributed by atoms with E-state index in [0.717, 1.165) is 28.9 Å². The van der Waals surface area contributed by atoms with Gasteiger partial charge in [-0.15, -0.1) is 11.8 Å². The van der Waals surface area contributed by atoms with Gasteiger partial charge in [0.25, 0.3) is 5.91 Å². The second-order valence-electron chi connectivity index (χ2n) is 12.0. The zero-order chi connectivity index (χ0) is 29.8. The van der Waals surface area contributed by atoms with Crippen molar-refractivity contribution in [1.82, 2.24) is 4.90 Å². The number of aliphatic hydroxyl groups excluding tert-OH is 1. The van der Waals surface area contributed by atoms with Crippen LogP contribution < -0.4 is 9.80 Å². The number of thioether (sulfide) groups is 1. The number of aryl methyl sites for hydroxylation is 2. The maximum atomic E-state index is 14.9. The number of benzene rings is 2. The summed E-state index contributed by atoms with van der Waals surface area (Å²) in [5, 5.41) is 10.4. The highest BCUT2D eigenvalue weighted by Crippen LogP contribution is 2.62. The molecule has 1 spiro atoms. The predicted molar refractivity (Wildman–Crippen MR) is 167 cm³/mol. The molecule has 0 radical (unpaired) electrons. The highest BCUT2D eigenvalue weighted by Gasteiger charge is 2.72. The van der Waals surface area contributed by atoms with Crippen LogP contribution in [0.4, 0.5) is 11.4 Å². The number of hydrogen-bond donors (Lipinski definition) is 1. The Hall–Kier alpha value is -3.36. The van der Waals surface area contributed by atoms with Crippen molar-refractivity contribution < 1.29 is 19.5 Å². The lowest BCUT2D eigenvalue weighted by Gasteiger charge is -2.40. The van der Waals surface area contributed by atoms with Crippen LogP contribution in [0.1, 0.15) is 31.4 Å². The molecule has 1 unspecified atom stereocenters. The number of carbonyl (C=O) groups excluding carboxylic acids is 3. The molecular weight excluding hydrogens is 546 g/mol. The van der Waals surface area contributed by atoms with Gasteiger partial charge in [0.1, 0.15) is 6.04 Å². The summed E-state index contributed by atoms with van der Waals surface area (Å²) in [6.07, 6.45) is 8.86. The summed E-state index contributed by atoms with van der Waals surface area (Å²) in [5.74, 6) is -1.85. The standard InChI is InChI=1S/C34H39N3O4S/c1-5-21(2)25(20-38)37-30-33(41)36(29-22(3)12-9-13-23(29)4)19-11-17-34(30)28(32(37)40)27-26(42-34)16-10-18-35(31(27)39)24-14-7-6-8-15-24/h6-17,21,25-28,30,38H,5,18-20H2,1-4H3/t21-,25-,26-,27+,28-,30?,34-/m0/s1. The molecule has 2 fully saturated rings. The van der Waals surface area contributed by atoms with Gasteiger partial charge in [-0.25, -0.2) is 0 Å². The molecule has 7 nitrogen and oxygen atoms in total. The second kappa shape index (κ2) is 11.0. The van der Waals surface area contributed by atoms with Gasteiger partial charge in [0.15, 0.2) is 0 Å². The Labute approximate surface area is 252 Å². The largest absolute Gasteiger partial charge is 0.394 e. The van der Waals surface area contributed by atoms with E-state index in [9.17, 15) is 19.5 Å². The van der Waals surface area contributed by atoms with Gasteiger partial charge in [0.2, 0.25) is 11.8 Å². The SMILES string of the molecule is CC[C@H](C)[C@H](CO)N1C(=O)[C@@H]2[C@@H]3C(=O)N(c4ccccc4)CC=C[C@@H]3S[C@@]23C=CCN(c2c(C)cccc2C)C(=O)C13. The fourth-order valence-electron chi connectivity index (χ4n) is 7.52. The minimum Gasteiger partial charge on any atom is -0.394 e. The molecule has 220 valence electrons. The molecule has 7 atom stereocenters. The normalized spacial score (nSPS) is 30.1. The molecule has 6 rings (SSSR count). The highest BCUT2D eigenvalue weighted by molar-refractivity contribution is 8.02. The lowest BCUT2D eigenvalue weighted by molar-refractivity contribution is -0.142. The van der Waals surface area contributed by atoms with Crippen molar-refractivity contribution in [3.05, 3.63) is 84.0 Å². The summed E-state index contributed by atoms with van der Waals surface area (Å²) in [4.78, 5) is 49.3. The monoisotopic (exact) mass is 585 g/mol. The molecule has 2 aromatic carbocycles. The first-order valence-corrected chi connectivity index (χ1v) is 15.8. The quantitative estimate of drug-likeness (QED) is 0.505. The third kappa shape index (κ3) is 4.25. The highest BCUT2D eigenvalue weighted by atomic mass is 32.2. The Morgan fingerprint density at radius 1 is 0.929 bits per heavy atom. The van der Waals surface area contributed by atoms with E-state index >= 15 is 0 Å². The zero-order valence-electron chi connectivity index (χ0n) is 24.6. The van der Waals surface area contributed by atoms with Crippen molar-refractivity contribution in [2.45, 2.75) is 56.2 Å². The van der Waals surface area contributed by atoms with Crippen LogP contribution in [0.25, 0.3) is 0 Å². The average molecular weight is 586 g/mol. The number of amides is 3. The van der Waals surface area contributed by atoms with Gasteiger partial charge in [-0.2, -0.15) is 0 Å². The fourth-order valence-corrected chi connectivity index (χ4v) is 9.51. The third-order valence-corrected chi connectivity index (χ3v) is 11.5. The van der Waals surface area contributed by atoms with Crippen molar-refractivity contribution in [2.24, 2.45) is 17.8 Å². The average Bonchev–Trinajstić information content (AvgIpc) is 3.30.